The quantitative estimate of drug-likeness (QED) is 0.921. The van der Waals surface area contributed by atoms with Crippen LogP contribution in [0.3, 0.4) is 0 Å². The third-order valence-electron chi connectivity index (χ3n) is 4.10. The van der Waals surface area contributed by atoms with Crippen LogP contribution in [0, 0.1) is 0 Å². The van der Waals surface area contributed by atoms with Gasteiger partial charge in [0.15, 0.2) is 0 Å². The van der Waals surface area contributed by atoms with Gasteiger partial charge in [0.25, 0.3) is 5.91 Å². The van der Waals surface area contributed by atoms with Gasteiger partial charge in [-0.3, -0.25) is 9.59 Å². The summed E-state index contributed by atoms with van der Waals surface area (Å²) in [6.45, 7) is 6.32. The first-order valence-corrected chi connectivity index (χ1v) is 8.79. The fourth-order valence-electron chi connectivity index (χ4n) is 2.88. The van der Waals surface area contributed by atoms with Crippen molar-refractivity contribution in [2.24, 2.45) is 5.73 Å². The van der Waals surface area contributed by atoms with Gasteiger partial charge in [0.05, 0.1) is 11.1 Å². The molecule has 2 rings (SSSR count). The lowest BCUT2D eigenvalue weighted by atomic mass is 9.95. The highest BCUT2D eigenvalue weighted by Crippen LogP contribution is 2.16. The monoisotopic (exact) mass is 323 g/mol. The number of nitrogens with two attached hydrogens (primary N) is 1. The van der Waals surface area contributed by atoms with Gasteiger partial charge in [0, 0.05) is 31.6 Å². The maximum atomic E-state index is 12.6. The standard InChI is InChI=1S/C16H25N3O2S/c1-3-6-16(2,17)15(21)19-8-4-7-18(9-10-19)14(20)13-5-11-22-12-13/h5,11-12H,3-4,6-10,17H2,1-2H3. The summed E-state index contributed by atoms with van der Waals surface area (Å²) in [6, 6.07) is 1.85. The smallest absolute Gasteiger partial charge is 0.254 e. The number of nitrogens with zero attached hydrogens (tertiary/aromatic N) is 2. The molecule has 0 aliphatic carbocycles. The molecule has 1 aliphatic heterocycles. The molecular formula is C16H25N3O2S. The lowest BCUT2D eigenvalue weighted by molar-refractivity contribution is -0.136. The molecule has 1 aliphatic rings. The van der Waals surface area contributed by atoms with E-state index in [0.717, 1.165) is 18.4 Å². The Morgan fingerprint density at radius 2 is 1.95 bits per heavy atom. The van der Waals surface area contributed by atoms with Gasteiger partial charge < -0.3 is 15.5 Å². The average molecular weight is 323 g/mol. The summed E-state index contributed by atoms with van der Waals surface area (Å²) in [5.41, 5.74) is 6.09. The highest BCUT2D eigenvalue weighted by atomic mass is 32.1. The van der Waals surface area contributed by atoms with E-state index in [4.69, 9.17) is 5.73 Å². The van der Waals surface area contributed by atoms with Crippen LogP contribution in [0.1, 0.15) is 43.5 Å². The van der Waals surface area contributed by atoms with Crippen LogP contribution in [0.25, 0.3) is 0 Å². The van der Waals surface area contributed by atoms with Crippen LogP contribution >= 0.6 is 11.3 Å². The van der Waals surface area contributed by atoms with Gasteiger partial charge in [0.1, 0.15) is 0 Å². The van der Waals surface area contributed by atoms with E-state index in [1.165, 1.54) is 11.3 Å². The SMILES string of the molecule is CCCC(C)(N)C(=O)N1CCCN(C(=O)c2ccsc2)CC1. The molecule has 1 saturated heterocycles. The lowest BCUT2D eigenvalue weighted by Gasteiger charge is -2.31. The molecule has 22 heavy (non-hydrogen) atoms. The Kier molecular flexibility index (Phi) is 5.58. The summed E-state index contributed by atoms with van der Waals surface area (Å²) in [4.78, 5) is 28.6. The van der Waals surface area contributed by atoms with Crippen molar-refractivity contribution in [3.8, 4) is 0 Å². The fourth-order valence-corrected chi connectivity index (χ4v) is 3.51. The van der Waals surface area contributed by atoms with Crippen molar-refractivity contribution in [3.63, 3.8) is 0 Å². The number of amides is 2. The van der Waals surface area contributed by atoms with Gasteiger partial charge in [0.2, 0.25) is 5.91 Å². The zero-order valence-corrected chi connectivity index (χ0v) is 14.2. The van der Waals surface area contributed by atoms with Crippen molar-refractivity contribution in [1.29, 1.82) is 0 Å². The van der Waals surface area contributed by atoms with Crippen molar-refractivity contribution in [3.05, 3.63) is 22.4 Å². The Morgan fingerprint density at radius 3 is 2.59 bits per heavy atom. The molecule has 2 amide bonds. The van der Waals surface area contributed by atoms with Crippen LogP contribution in [-0.4, -0.2) is 53.3 Å². The van der Waals surface area contributed by atoms with Crippen LogP contribution in [0.4, 0.5) is 0 Å². The molecule has 0 saturated carbocycles. The molecule has 0 bridgehead atoms. The molecular weight excluding hydrogens is 298 g/mol. The molecule has 1 atom stereocenters. The van der Waals surface area contributed by atoms with Crippen molar-refractivity contribution in [2.45, 2.75) is 38.6 Å². The molecule has 2 heterocycles. The Morgan fingerprint density at radius 1 is 1.27 bits per heavy atom. The minimum Gasteiger partial charge on any atom is -0.339 e. The lowest BCUT2D eigenvalue weighted by Crippen LogP contribution is -2.54. The average Bonchev–Trinajstić information content (AvgIpc) is 2.90. The maximum Gasteiger partial charge on any atom is 0.254 e. The Balaban J connectivity index is 1.98. The van der Waals surface area contributed by atoms with Gasteiger partial charge in [-0.2, -0.15) is 11.3 Å². The van der Waals surface area contributed by atoms with Crippen LogP contribution in [0.15, 0.2) is 16.8 Å². The van der Waals surface area contributed by atoms with E-state index < -0.39 is 5.54 Å². The van der Waals surface area contributed by atoms with Gasteiger partial charge in [-0.1, -0.05) is 13.3 Å². The van der Waals surface area contributed by atoms with Gasteiger partial charge in [-0.15, -0.1) is 0 Å². The number of rotatable bonds is 4. The maximum absolute atomic E-state index is 12.6. The highest BCUT2D eigenvalue weighted by molar-refractivity contribution is 7.08. The van der Waals surface area contributed by atoms with E-state index in [0.29, 0.717) is 32.6 Å². The third kappa shape index (κ3) is 3.87. The van der Waals surface area contributed by atoms with E-state index in [9.17, 15) is 9.59 Å². The predicted molar refractivity (Wildman–Crippen MR) is 88.9 cm³/mol. The number of thiophene rings is 1. The molecule has 5 nitrogen and oxygen atoms in total. The molecule has 1 aromatic rings. The zero-order valence-electron chi connectivity index (χ0n) is 13.4. The van der Waals surface area contributed by atoms with E-state index in [2.05, 4.69) is 0 Å². The predicted octanol–water partition coefficient (Wildman–Crippen LogP) is 1.94. The summed E-state index contributed by atoms with van der Waals surface area (Å²) in [5.74, 6) is 0.0544. The summed E-state index contributed by atoms with van der Waals surface area (Å²) < 4.78 is 0. The zero-order chi connectivity index (χ0) is 16.2. The number of carbonyl (C=O) groups excluding carboxylic acids is 2. The van der Waals surface area contributed by atoms with Crippen molar-refractivity contribution < 1.29 is 9.59 Å². The summed E-state index contributed by atoms with van der Waals surface area (Å²) in [7, 11) is 0. The minimum atomic E-state index is -0.804. The molecule has 1 aromatic heterocycles. The number of hydrogen-bond acceptors (Lipinski definition) is 4. The molecule has 0 aromatic carbocycles. The normalized spacial score (nSPS) is 18.7. The highest BCUT2D eigenvalue weighted by Gasteiger charge is 2.33. The van der Waals surface area contributed by atoms with Crippen LogP contribution in [-0.2, 0) is 4.79 Å². The molecule has 1 fully saturated rings. The first kappa shape index (κ1) is 17.0. The largest absolute Gasteiger partial charge is 0.339 e. The van der Waals surface area contributed by atoms with Crippen LogP contribution < -0.4 is 5.73 Å². The van der Waals surface area contributed by atoms with E-state index in [1.54, 1.807) is 6.92 Å². The topological polar surface area (TPSA) is 66.6 Å². The fraction of sp³-hybridized carbons (Fsp3) is 0.625. The first-order valence-electron chi connectivity index (χ1n) is 7.85. The van der Waals surface area contributed by atoms with Crippen LogP contribution in [0.2, 0.25) is 0 Å². The van der Waals surface area contributed by atoms with Crippen molar-refractivity contribution >= 4 is 23.2 Å². The van der Waals surface area contributed by atoms with E-state index >= 15 is 0 Å². The second kappa shape index (κ2) is 7.24. The molecule has 0 radical (unpaired) electrons. The van der Waals surface area contributed by atoms with Gasteiger partial charge in [-0.05, 0) is 31.2 Å². The minimum absolute atomic E-state index is 0.000757. The summed E-state index contributed by atoms with van der Waals surface area (Å²) in [5, 5.41) is 3.78. The molecule has 0 spiro atoms. The first-order chi connectivity index (χ1) is 10.5. The van der Waals surface area contributed by atoms with Gasteiger partial charge >= 0.3 is 0 Å². The molecule has 122 valence electrons. The van der Waals surface area contributed by atoms with Gasteiger partial charge in [-0.25, -0.2) is 0 Å². The van der Waals surface area contributed by atoms with E-state index in [-0.39, 0.29) is 11.8 Å². The number of carbonyl (C=O) groups is 2. The second-order valence-electron chi connectivity index (χ2n) is 6.12. The Hall–Kier alpha value is -1.40. The van der Waals surface area contributed by atoms with Crippen molar-refractivity contribution in [1.82, 2.24) is 9.80 Å². The Bertz CT molecular complexity index is 513. The second-order valence-corrected chi connectivity index (χ2v) is 6.90. The van der Waals surface area contributed by atoms with E-state index in [1.807, 2.05) is 33.6 Å². The molecule has 2 N–H and O–H groups in total. The molecule has 6 heteroatoms. The third-order valence-corrected chi connectivity index (χ3v) is 4.78. The van der Waals surface area contributed by atoms with Crippen LogP contribution in [0.5, 0.6) is 0 Å². The summed E-state index contributed by atoms with van der Waals surface area (Å²) in [6.07, 6.45) is 2.36. The van der Waals surface area contributed by atoms with Crippen molar-refractivity contribution in [2.75, 3.05) is 26.2 Å². The number of hydrogen-bond donors (Lipinski definition) is 1. The molecule has 1 unspecified atom stereocenters. The summed E-state index contributed by atoms with van der Waals surface area (Å²) >= 11 is 1.52. The Labute approximate surface area is 136 Å².